The van der Waals surface area contributed by atoms with E-state index in [0.717, 1.165) is 24.6 Å². The summed E-state index contributed by atoms with van der Waals surface area (Å²) in [5, 5.41) is 9.26. The Balaban J connectivity index is 0.00000576. The normalized spacial score (nSPS) is 11.6. The summed E-state index contributed by atoms with van der Waals surface area (Å²) in [5.74, 6) is 0.729. The van der Waals surface area contributed by atoms with E-state index in [2.05, 4.69) is 20.9 Å². The molecule has 0 saturated heterocycles. The van der Waals surface area contributed by atoms with Crippen molar-refractivity contribution < 1.29 is 9.53 Å². The molecule has 1 amide bonds. The van der Waals surface area contributed by atoms with Gasteiger partial charge in [0.25, 0.3) is 0 Å². The highest BCUT2D eigenvalue weighted by atomic mass is 127. The molecule has 142 valence electrons. The minimum atomic E-state index is -0.534. The number of aliphatic imine (C=N–C) groups is 1. The van der Waals surface area contributed by atoms with Crippen LogP contribution in [0.4, 0.5) is 4.79 Å². The summed E-state index contributed by atoms with van der Waals surface area (Å²) in [6.45, 7) is 11.5. The van der Waals surface area contributed by atoms with E-state index in [1.165, 1.54) is 0 Å². The van der Waals surface area contributed by atoms with Crippen LogP contribution in [0.15, 0.2) is 35.3 Å². The molecule has 25 heavy (non-hydrogen) atoms. The lowest BCUT2D eigenvalue weighted by atomic mass is 10.1. The number of benzene rings is 1. The Bertz CT molecular complexity index is 522. The number of ether oxygens (including phenoxy) is 1. The fraction of sp³-hybridized carbons (Fsp3) is 0.556. The maximum absolute atomic E-state index is 12.1. The van der Waals surface area contributed by atoms with Crippen LogP contribution >= 0.6 is 24.0 Å². The van der Waals surface area contributed by atoms with Crippen LogP contribution in [-0.4, -0.2) is 37.3 Å². The average Bonchev–Trinajstić information content (AvgIpc) is 2.50. The fourth-order valence-corrected chi connectivity index (χ4v) is 2.06. The first-order chi connectivity index (χ1) is 11.4. The summed E-state index contributed by atoms with van der Waals surface area (Å²) < 4.78 is 5.36. The first kappa shape index (κ1) is 23.5. The van der Waals surface area contributed by atoms with E-state index in [4.69, 9.17) is 4.74 Å². The number of guanidine groups is 1. The van der Waals surface area contributed by atoms with Gasteiger partial charge >= 0.3 is 6.09 Å². The van der Waals surface area contributed by atoms with E-state index < -0.39 is 11.7 Å². The van der Waals surface area contributed by atoms with E-state index >= 15 is 0 Å². The standard InChI is InChI=1S/C18H30N4O2.HI/c1-6-19-16(20-7-2)21-13-15(14-11-9-8-10-12-14)22-17(23)24-18(3,4)5;/h8-12,15H,6-7,13H2,1-5H3,(H,22,23)(H2,19,20,21);1H. The topological polar surface area (TPSA) is 74.8 Å². The molecule has 0 radical (unpaired) electrons. The maximum Gasteiger partial charge on any atom is 0.408 e. The van der Waals surface area contributed by atoms with Crippen LogP contribution in [0, 0.1) is 0 Å². The highest BCUT2D eigenvalue weighted by Crippen LogP contribution is 2.15. The largest absolute Gasteiger partial charge is 0.444 e. The maximum atomic E-state index is 12.1. The van der Waals surface area contributed by atoms with Crippen LogP contribution in [0.3, 0.4) is 0 Å². The van der Waals surface area contributed by atoms with Gasteiger partial charge in [-0.25, -0.2) is 4.79 Å². The Morgan fingerprint density at radius 2 is 1.68 bits per heavy atom. The first-order valence-electron chi connectivity index (χ1n) is 8.42. The van der Waals surface area contributed by atoms with Gasteiger partial charge in [-0.3, -0.25) is 4.99 Å². The highest BCUT2D eigenvalue weighted by Gasteiger charge is 2.20. The SMILES string of the molecule is CCNC(=NCC(NC(=O)OC(C)(C)C)c1ccccc1)NCC.I. The number of hydrogen-bond acceptors (Lipinski definition) is 3. The molecule has 0 heterocycles. The van der Waals surface area contributed by atoms with Crippen LogP contribution < -0.4 is 16.0 Å². The van der Waals surface area contributed by atoms with Crippen molar-refractivity contribution in [3.63, 3.8) is 0 Å². The van der Waals surface area contributed by atoms with Crippen molar-refractivity contribution in [3.05, 3.63) is 35.9 Å². The molecule has 0 aromatic heterocycles. The molecule has 0 spiro atoms. The van der Waals surface area contributed by atoms with Gasteiger partial charge in [-0.05, 0) is 40.2 Å². The number of carbonyl (C=O) groups is 1. The number of halogens is 1. The van der Waals surface area contributed by atoms with Gasteiger partial charge < -0.3 is 20.7 Å². The van der Waals surface area contributed by atoms with Gasteiger partial charge in [-0.2, -0.15) is 0 Å². The number of amides is 1. The minimum Gasteiger partial charge on any atom is -0.444 e. The van der Waals surface area contributed by atoms with Gasteiger partial charge in [-0.1, -0.05) is 30.3 Å². The summed E-state index contributed by atoms with van der Waals surface area (Å²) >= 11 is 0. The van der Waals surface area contributed by atoms with Crippen LogP contribution in [-0.2, 0) is 4.74 Å². The zero-order valence-corrected chi connectivity index (χ0v) is 18.1. The molecule has 1 unspecified atom stereocenters. The van der Waals surface area contributed by atoms with Crippen molar-refractivity contribution in [3.8, 4) is 0 Å². The van der Waals surface area contributed by atoms with Crippen LogP contribution in [0.2, 0.25) is 0 Å². The third-order valence-electron chi connectivity index (χ3n) is 3.01. The van der Waals surface area contributed by atoms with Crippen molar-refractivity contribution >= 4 is 36.0 Å². The number of alkyl carbamates (subject to hydrolysis) is 1. The molecule has 0 aliphatic rings. The monoisotopic (exact) mass is 462 g/mol. The molecule has 0 fully saturated rings. The number of nitrogens with one attached hydrogen (secondary N) is 3. The first-order valence-corrected chi connectivity index (χ1v) is 8.42. The Labute approximate surface area is 168 Å². The smallest absolute Gasteiger partial charge is 0.408 e. The second-order valence-electron chi connectivity index (χ2n) is 6.36. The van der Waals surface area contributed by atoms with Crippen molar-refractivity contribution in [2.45, 2.75) is 46.3 Å². The Kier molecular flexibility index (Phi) is 11.2. The van der Waals surface area contributed by atoms with Gasteiger partial charge in [0.1, 0.15) is 5.60 Å². The third kappa shape index (κ3) is 10.2. The minimum absolute atomic E-state index is 0. The summed E-state index contributed by atoms with van der Waals surface area (Å²) in [5.41, 5.74) is 0.451. The van der Waals surface area contributed by atoms with Crippen molar-refractivity contribution in [2.75, 3.05) is 19.6 Å². The van der Waals surface area contributed by atoms with E-state index in [-0.39, 0.29) is 30.0 Å². The van der Waals surface area contributed by atoms with Gasteiger partial charge in [0.2, 0.25) is 0 Å². The molecular formula is C18H31IN4O2. The molecule has 0 saturated carbocycles. The van der Waals surface area contributed by atoms with Gasteiger partial charge in [0, 0.05) is 13.1 Å². The highest BCUT2D eigenvalue weighted by molar-refractivity contribution is 14.0. The zero-order chi connectivity index (χ0) is 18.0. The van der Waals surface area contributed by atoms with E-state index in [9.17, 15) is 4.79 Å². The number of carbonyl (C=O) groups excluding carboxylic acids is 1. The van der Waals surface area contributed by atoms with E-state index in [0.29, 0.717) is 6.54 Å². The average molecular weight is 462 g/mol. The number of hydrogen-bond donors (Lipinski definition) is 3. The van der Waals surface area contributed by atoms with Crippen LogP contribution in [0.5, 0.6) is 0 Å². The molecule has 6 nitrogen and oxygen atoms in total. The van der Waals surface area contributed by atoms with Gasteiger partial charge in [0.15, 0.2) is 5.96 Å². The van der Waals surface area contributed by atoms with Gasteiger partial charge in [-0.15, -0.1) is 24.0 Å². The van der Waals surface area contributed by atoms with Crippen LogP contribution in [0.25, 0.3) is 0 Å². The van der Waals surface area contributed by atoms with Crippen LogP contribution in [0.1, 0.15) is 46.2 Å². The quantitative estimate of drug-likeness (QED) is 0.344. The summed E-state index contributed by atoms with van der Waals surface area (Å²) in [6, 6.07) is 9.51. The molecule has 7 heteroatoms. The Morgan fingerprint density at radius 1 is 1.12 bits per heavy atom. The molecular weight excluding hydrogens is 431 g/mol. The Hall–Kier alpha value is -1.51. The molecule has 3 N–H and O–H groups in total. The summed E-state index contributed by atoms with van der Waals surface area (Å²) in [7, 11) is 0. The third-order valence-corrected chi connectivity index (χ3v) is 3.01. The van der Waals surface area contributed by atoms with Crippen molar-refractivity contribution in [1.82, 2.24) is 16.0 Å². The molecule has 1 aromatic carbocycles. The van der Waals surface area contributed by atoms with E-state index in [1.807, 2.05) is 65.0 Å². The van der Waals surface area contributed by atoms with E-state index in [1.54, 1.807) is 0 Å². The molecule has 1 rings (SSSR count). The van der Waals surface area contributed by atoms with Crippen molar-refractivity contribution in [2.24, 2.45) is 4.99 Å². The second-order valence-corrected chi connectivity index (χ2v) is 6.36. The van der Waals surface area contributed by atoms with Crippen molar-refractivity contribution in [1.29, 1.82) is 0 Å². The predicted octanol–water partition coefficient (Wildman–Crippen LogP) is 3.45. The molecule has 0 aliphatic carbocycles. The summed E-state index contributed by atoms with van der Waals surface area (Å²) in [4.78, 5) is 16.7. The lowest BCUT2D eigenvalue weighted by Crippen LogP contribution is -2.39. The molecule has 0 aliphatic heterocycles. The number of nitrogens with zero attached hydrogens (tertiary/aromatic N) is 1. The lowest BCUT2D eigenvalue weighted by molar-refractivity contribution is 0.0505. The summed E-state index contributed by atoms with van der Waals surface area (Å²) in [6.07, 6.45) is -0.444. The molecule has 0 bridgehead atoms. The number of rotatable bonds is 6. The second kappa shape index (κ2) is 11.9. The Morgan fingerprint density at radius 3 is 2.16 bits per heavy atom. The molecule has 1 aromatic rings. The molecule has 1 atom stereocenters. The lowest BCUT2D eigenvalue weighted by Gasteiger charge is -2.23. The predicted molar refractivity (Wildman–Crippen MR) is 114 cm³/mol. The van der Waals surface area contributed by atoms with Gasteiger partial charge in [0.05, 0.1) is 12.6 Å². The fourth-order valence-electron chi connectivity index (χ4n) is 2.06. The zero-order valence-electron chi connectivity index (χ0n) is 15.8.